The largest absolute Gasteiger partial charge is 0.337 e. The molecule has 0 saturated carbocycles. The topological polar surface area (TPSA) is 71.3 Å². The van der Waals surface area contributed by atoms with E-state index >= 15 is 0 Å². The Balaban J connectivity index is 1.50. The molecule has 3 aromatic rings. The molecule has 29 heavy (non-hydrogen) atoms. The molecule has 150 valence electrons. The van der Waals surface area contributed by atoms with Gasteiger partial charge in [0.05, 0.1) is 0 Å². The maximum atomic E-state index is 13.0. The van der Waals surface area contributed by atoms with E-state index in [9.17, 15) is 4.79 Å². The van der Waals surface area contributed by atoms with E-state index in [0.29, 0.717) is 24.2 Å². The van der Waals surface area contributed by atoms with Crippen molar-refractivity contribution in [1.29, 1.82) is 0 Å². The molecule has 2 amide bonds. The second-order valence-corrected chi connectivity index (χ2v) is 7.73. The van der Waals surface area contributed by atoms with Crippen molar-refractivity contribution in [1.82, 2.24) is 15.0 Å². The van der Waals surface area contributed by atoms with Gasteiger partial charge in [-0.1, -0.05) is 61.5 Å². The Morgan fingerprint density at radius 1 is 1.10 bits per heavy atom. The maximum Gasteiger partial charge on any atom is 0.322 e. The lowest BCUT2D eigenvalue weighted by Gasteiger charge is -2.33. The summed E-state index contributed by atoms with van der Waals surface area (Å²) in [6.45, 7) is 4.98. The van der Waals surface area contributed by atoms with Gasteiger partial charge in [-0.2, -0.15) is 4.98 Å². The van der Waals surface area contributed by atoms with Crippen LogP contribution in [0.1, 0.15) is 56.5 Å². The van der Waals surface area contributed by atoms with Crippen LogP contribution in [0.4, 0.5) is 10.5 Å². The first-order chi connectivity index (χ1) is 14.1. The van der Waals surface area contributed by atoms with E-state index in [2.05, 4.69) is 41.4 Å². The average Bonchev–Trinajstić information content (AvgIpc) is 3.25. The van der Waals surface area contributed by atoms with Crippen LogP contribution in [0.2, 0.25) is 0 Å². The van der Waals surface area contributed by atoms with Crippen LogP contribution in [0.5, 0.6) is 0 Å². The van der Waals surface area contributed by atoms with Crippen molar-refractivity contribution in [2.75, 3.05) is 11.9 Å². The number of nitrogens with zero attached hydrogens (tertiary/aromatic N) is 3. The molecule has 0 bridgehead atoms. The maximum absolute atomic E-state index is 13.0. The Morgan fingerprint density at radius 2 is 1.86 bits per heavy atom. The van der Waals surface area contributed by atoms with E-state index in [1.165, 1.54) is 5.56 Å². The first kappa shape index (κ1) is 19.2. The van der Waals surface area contributed by atoms with Crippen molar-refractivity contribution >= 4 is 11.7 Å². The van der Waals surface area contributed by atoms with Crippen molar-refractivity contribution in [3.8, 4) is 11.4 Å². The number of carbonyl (C=O) groups is 1. The van der Waals surface area contributed by atoms with Crippen molar-refractivity contribution in [3.63, 3.8) is 0 Å². The third-order valence-electron chi connectivity index (χ3n) is 5.35. The van der Waals surface area contributed by atoms with Crippen molar-refractivity contribution in [3.05, 3.63) is 66.1 Å². The van der Waals surface area contributed by atoms with E-state index in [1.807, 2.05) is 47.4 Å². The summed E-state index contributed by atoms with van der Waals surface area (Å²) in [6.07, 6.45) is 2.81. The Labute approximate surface area is 170 Å². The summed E-state index contributed by atoms with van der Waals surface area (Å²) < 4.78 is 5.55. The molecule has 0 aliphatic carbocycles. The standard InChI is InChI=1S/C23H26N4O2/c1-16(2)17-11-13-19(14-12-17)24-23(28)27-15-7-6-10-20(27)22-25-21(26-29-22)18-8-4-3-5-9-18/h3-5,8-9,11-14,16,20H,6-7,10,15H2,1-2H3,(H,24,28)/t20-/m1/s1. The van der Waals surface area contributed by atoms with E-state index < -0.39 is 0 Å². The van der Waals surface area contributed by atoms with Gasteiger partial charge in [0.2, 0.25) is 11.7 Å². The molecule has 6 nitrogen and oxygen atoms in total. The highest BCUT2D eigenvalue weighted by atomic mass is 16.5. The molecule has 1 atom stereocenters. The quantitative estimate of drug-likeness (QED) is 0.628. The molecule has 0 spiro atoms. The van der Waals surface area contributed by atoms with Crippen LogP contribution in [-0.2, 0) is 0 Å². The molecule has 1 aliphatic rings. The first-order valence-corrected chi connectivity index (χ1v) is 10.2. The summed E-state index contributed by atoms with van der Waals surface area (Å²) in [7, 11) is 0. The predicted octanol–water partition coefficient (Wildman–Crippen LogP) is 5.62. The van der Waals surface area contributed by atoms with Gasteiger partial charge in [0.15, 0.2) is 0 Å². The molecule has 0 radical (unpaired) electrons. The summed E-state index contributed by atoms with van der Waals surface area (Å²) in [4.78, 5) is 19.4. The predicted molar refractivity (Wildman–Crippen MR) is 113 cm³/mol. The first-order valence-electron chi connectivity index (χ1n) is 10.2. The number of anilines is 1. The lowest BCUT2D eigenvalue weighted by Crippen LogP contribution is -2.41. The molecule has 2 aromatic carbocycles. The summed E-state index contributed by atoms with van der Waals surface area (Å²) in [5.74, 6) is 1.51. The molecule has 2 heterocycles. The van der Waals surface area contributed by atoms with Gasteiger partial charge >= 0.3 is 6.03 Å². The third kappa shape index (κ3) is 4.31. The summed E-state index contributed by atoms with van der Waals surface area (Å²) >= 11 is 0. The van der Waals surface area contributed by atoms with Gasteiger partial charge in [-0.25, -0.2) is 4.79 Å². The molecular formula is C23H26N4O2. The normalized spacial score (nSPS) is 16.8. The van der Waals surface area contributed by atoms with Gasteiger partial charge in [0.25, 0.3) is 0 Å². The number of nitrogens with one attached hydrogen (secondary N) is 1. The molecular weight excluding hydrogens is 364 g/mol. The lowest BCUT2D eigenvalue weighted by molar-refractivity contribution is 0.142. The SMILES string of the molecule is CC(C)c1ccc(NC(=O)N2CCCC[C@@H]2c2nc(-c3ccccc3)no2)cc1. The van der Waals surface area contributed by atoms with Gasteiger partial charge in [0.1, 0.15) is 6.04 Å². The zero-order valence-electron chi connectivity index (χ0n) is 16.8. The van der Waals surface area contributed by atoms with Crippen LogP contribution in [0.25, 0.3) is 11.4 Å². The molecule has 1 aliphatic heterocycles. The number of hydrogen-bond acceptors (Lipinski definition) is 4. The van der Waals surface area contributed by atoms with Gasteiger partial charge in [0, 0.05) is 17.8 Å². The van der Waals surface area contributed by atoms with E-state index in [0.717, 1.165) is 30.5 Å². The molecule has 1 fully saturated rings. The second-order valence-electron chi connectivity index (χ2n) is 7.73. The zero-order valence-corrected chi connectivity index (χ0v) is 16.8. The minimum Gasteiger partial charge on any atom is -0.337 e. The number of carbonyl (C=O) groups excluding carboxylic acids is 1. The van der Waals surface area contributed by atoms with Gasteiger partial charge < -0.3 is 14.7 Å². The van der Waals surface area contributed by atoms with Crippen LogP contribution < -0.4 is 5.32 Å². The minimum atomic E-state index is -0.205. The van der Waals surface area contributed by atoms with E-state index in [1.54, 1.807) is 0 Å². The second kappa shape index (κ2) is 8.47. The Kier molecular flexibility index (Phi) is 5.60. The molecule has 1 saturated heterocycles. The Morgan fingerprint density at radius 3 is 2.59 bits per heavy atom. The number of rotatable bonds is 4. The number of urea groups is 1. The van der Waals surface area contributed by atoms with Crippen LogP contribution in [0.3, 0.4) is 0 Å². The smallest absolute Gasteiger partial charge is 0.322 e. The van der Waals surface area contributed by atoms with E-state index in [4.69, 9.17) is 4.52 Å². The highest BCUT2D eigenvalue weighted by Gasteiger charge is 2.32. The molecule has 4 rings (SSSR count). The number of benzene rings is 2. The number of piperidine rings is 1. The minimum absolute atomic E-state index is 0.133. The number of hydrogen-bond donors (Lipinski definition) is 1. The fourth-order valence-corrected chi connectivity index (χ4v) is 3.65. The highest BCUT2D eigenvalue weighted by Crippen LogP contribution is 2.31. The average molecular weight is 390 g/mol. The molecule has 6 heteroatoms. The highest BCUT2D eigenvalue weighted by molar-refractivity contribution is 5.89. The number of likely N-dealkylation sites (tertiary alicyclic amines) is 1. The molecule has 1 N–H and O–H groups in total. The van der Waals surface area contributed by atoms with Crippen LogP contribution in [0.15, 0.2) is 59.1 Å². The summed E-state index contributed by atoms with van der Waals surface area (Å²) in [6, 6.07) is 17.4. The number of amides is 2. The van der Waals surface area contributed by atoms with Gasteiger partial charge in [-0.15, -0.1) is 0 Å². The van der Waals surface area contributed by atoms with Gasteiger partial charge in [-0.05, 0) is 42.9 Å². The van der Waals surface area contributed by atoms with Crippen molar-refractivity contribution in [2.24, 2.45) is 0 Å². The zero-order chi connectivity index (χ0) is 20.2. The van der Waals surface area contributed by atoms with Crippen LogP contribution in [-0.4, -0.2) is 27.6 Å². The Hall–Kier alpha value is -3.15. The monoisotopic (exact) mass is 390 g/mol. The third-order valence-corrected chi connectivity index (χ3v) is 5.35. The Bertz CT molecular complexity index is 951. The number of aromatic nitrogens is 2. The fraction of sp³-hybridized carbons (Fsp3) is 0.348. The molecule has 1 aromatic heterocycles. The van der Waals surface area contributed by atoms with Crippen LogP contribution in [0, 0.1) is 0 Å². The van der Waals surface area contributed by atoms with Crippen molar-refractivity contribution < 1.29 is 9.32 Å². The summed E-state index contributed by atoms with van der Waals surface area (Å²) in [5.41, 5.74) is 2.94. The van der Waals surface area contributed by atoms with Crippen LogP contribution >= 0.6 is 0 Å². The van der Waals surface area contributed by atoms with E-state index in [-0.39, 0.29) is 12.1 Å². The summed E-state index contributed by atoms with van der Waals surface area (Å²) in [5, 5.41) is 7.13. The molecule has 0 unspecified atom stereocenters. The lowest BCUT2D eigenvalue weighted by atomic mass is 10.0. The fourth-order valence-electron chi connectivity index (χ4n) is 3.65. The van der Waals surface area contributed by atoms with Gasteiger partial charge in [-0.3, -0.25) is 0 Å². The van der Waals surface area contributed by atoms with Crippen molar-refractivity contribution in [2.45, 2.75) is 45.1 Å².